The van der Waals surface area contributed by atoms with Gasteiger partial charge in [0.15, 0.2) is 0 Å². The summed E-state index contributed by atoms with van der Waals surface area (Å²) >= 11 is 0. The van der Waals surface area contributed by atoms with E-state index in [2.05, 4.69) is 17.6 Å². The summed E-state index contributed by atoms with van der Waals surface area (Å²) in [5.74, 6) is 0.999. The second kappa shape index (κ2) is 4.97. The normalized spacial score (nSPS) is 31.3. The number of carbonyl (C=O) groups is 1. The maximum absolute atomic E-state index is 11.4. The lowest BCUT2D eigenvalue weighted by Gasteiger charge is -2.27. The van der Waals surface area contributed by atoms with Crippen LogP contribution in [0.3, 0.4) is 0 Å². The number of hydrogen-bond donors (Lipinski definition) is 2. The molecule has 2 rings (SSSR count). The summed E-state index contributed by atoms with van der Waals surface area (Å²) in [6.07, 6.45) is 7.48. The Morgan fingerprint density at radius 1 is 1.20 bits per heavy atom. The average molecular weight is 210 g/mol. The van der Waals surface area contributed by atoms with Crippen molar-refractivity contribution in [3.63, 3.8) is 0 Å². The van der Waals surface area contributed by atoms with Gasteiger partial charge in [-0.25, -0.2) is 0 Å². The fourth-order valence-corrected chi connectivity index (χ4v) is 2.36. The molecule has 0 bridgehead atoms. The first-order valence-corrected chi connectivity index (χ1v) is 6.27. The Balaban J connectivity index is 1.61. The topological polar surface area (TPSA) is 41.1 Å². The molecular formula is C12H22N2O. The molecule has 86 valence electrons. The van der Waals surface area contributed by atoms with Gasteiger partial charge < -0.3 is 10.6 Å². The van der Waals surface area contributed by atoms with Gasteiger partial charge in [0, 0.05) is 12.1 Å². The minimum atomic E-state index is 0.177. The third kappa shape index (κ3) is 3.82. The molecule has 0 aromatic carbocycles. The summed E-state index contributed by atoms with van der Waals surface area (Å²) in [6.45, 7) is 2.81. The summed E-state index contributed by atoms with van der Waals surface area (Å²) in [6, 6.07) is 1.06. The molecule has 2 aliphatic rings. The molecule has 0 aromatic heterocycles. The van der Waals surface area contributed by atoms with Crippen LogP contribution in [0.15, 0.2) is 0 Å². The second-order valence-electron chi connectivity index (χ2n) is 5.19. The molecule has 3 heteroatoms. The SMILES string of the molecule is CC1CCCC(NCC(=O)NC2CC2)C1. The van der Waals surface area contributed by atoms with E-state index in [0.29, 0.717) is 18.6 Å². The second-order valence-corrected chi connectivity index (χ2v) is 5.19. The highest BCUT2D eigenvalue weighted by atomic mass is 16.2. The first kappa shape index (κ1) is 10.9. The third-order valence-corrected chi connectivity index (χ3v) is 3.43. The zero-order valence-corrected chi connectivity index (χ0v) is 9.59. The summed E-state index contributed by atoms with van der Waals surface area (Å²) in [7, 11) is 0. The van der Waals surface area contributed by atoms with E-state index in [-0.39, 0.29) is 5.91 Å². The molecule has 2 atom stereocenters. The highest BCUT2D eigenvalue weighted by Gasteiger charge is 2.24. The van der Waals surface area contributed by atoms with Crippen LogP contribution in [0, 0.1) is 5.92 Å². The van der Waals surface area contributed by atoms with Crippen LogP contribution in [0.4, 0.5) is 0 Å². The van der Waals surface area contributed by atoms with Crippen LogP contribution in [0.2, 0.25) is 0 Å². The fraction of sp³-hybridized carbons (Fsp3) is 0.917. The van der Waals surface area contributed by atoms with Crippen molar-refractivity contribution in [3.05, 3.63) is 0 Å². The molecule has 0 radical (unpaired) electrons. The minimum Gasteiger partial charge on any atom is -0.352 e. The Bertz CT molecular complexity index is 226. The standard InChI is InChI=1S/C12H22N2O/c1-9-3-2-4-11(7-9)13-8-12(15)14-10-5-6-10/h9-11,13H,2-8H2,1H3,(H,14,15). The van der Waals surface area contributed by atoms with Crippen LogP contribution in [0.25, 0.3) is 0 Å². The molecule has 0 heterocycles. The van der Waals surface area contributed by atoms with Gasteiger partial charge in [0.05, 0.1) is 6.54 Å². The third-order valence-electron chi connectivity index (χ3n) is 3.43. The van der Waals surface area contributed by atoms with E-state index < -0.39 is 0 Å². The van der Waals surface area contributed by atoms with Crippen molar-refractivity contribution in [2.45, 2.75) is 57.5 Å². The quantitative estimate of drug-likeness (QED) is 0.737. The van der Waals surface area contributed by atoms with Gasteiger partial charge in [-0.3, -0.25) is 4.79 Å². The predicted molar refractivity (Wildman–Crippen MR) is 60.6 cm³/mol. The van der Waals surface area contributed by atoms with E-state index in [0.717, 1.165) is 5.92 Å². The van der Waals surface area contributed by atoms with Crippen molar-refractivity contribution < 1.29 is 4.79 Å². The molecule has 3 nitrogen and oxygen atoms in total. The van der Waals surface area contributed by atoms with E-state index >= 15 is 0 Å². The Kier molecular flexibility index (Phi) is 3.62. The smallest absolute Gasteiger partial charge is 0.234 e. The van der Waals surface area contributed by atoms with Gasteiger partial charge in [0.25, 0.3) is 0 Å². The summed E-state index contributed by atoms with van der Waals surface area (Å²) in [5.41, 5.74) is 0. The van der Waals surface area contributed by atoms with E-state index in [1.165, 1.54) is 38.5 Å². The average Bonchev–Trinajstić information content (AvgIpc) is 2.99. The molecule has 15 heavy (non-hydrogen) atoms. The Labute approximate surface area is 92.0 Å². The number of amides is 1. The van der Waals surface area contributed by atoms with Gasteiger partial charge in [-0.05, 0) is 31.6 Å². The van der Waals surface area contributed by atoms with Crippen LogP contribution in [-0.4, -0.2) is 24.5 Å². The van der Waals surface area contributed by atoms with Crippen LogP contribution >= 0.6 is 0 Å². The molecule has 2 aliphatic carbocycles. The molecular weight excluding hydrogens is 188 g/mol. The number of carbonyl (C=O) groups excluding carboxylic acids is 1. The lowest BCUT2D eigenvalue weighted by atomic mass is 9.87. The van der Waals surface area contributed by atoms with Gasteiger partial charge in [-0.15, -0.1) is 0 Å². The fourth-order valence-electron chi connectivity index (χ4n) is 2.36. The zero-order chi connectivity index (χ0) is 10.7. The van der Waals surface area contributed by atoms with Gasteiger partial charge in [0.1, 0.15) is 0 Å². The predicted octanol–water partition coefficient (Wildman–Crippen LogP) is 1.43. The summed E-state index contributed by atoms with van der Waals surface area (Å²) in [5, 5.41) is 6.38. The minimum absolute atomic E-state index is 0.177. The first-order valence-electron chi connectivity index (χ1n) is 6.27. The van der Waals surface area contributed by atoms with Gasteiger partial charge >= 0.3 is 0 Å². The van der Waals surface area contributed by atoms with E-state index in [1.807, 2.05) is 0 Å². The first-order chi connectivity index (χ1) is 7.24. The van der Waals surface area contributed by atoms with Crippen molar-refractivity contribution in [2.24, 2.45) is 5.92 Å². The summed E-state index contributed by atoms with van der Waals surface area (Å²) < 4.78 is 0. The molecule has 0 aromatic rings. The van der Waals surface area contributed by atoms with Crippen molar-refractivity contribution >= 4 is 5.91 Å². The highest BCUT2D eigenvalue weighted by molar-refractivity contribution is 5.78. The van der Waals surface area contributed by atoms with Gasteiger partial charge in [-0.2, -0.15) is 0 Å². The Morgan fingerprint density at radius 3 is 2.67 bits per heavy atom. The molecule has 0 spiro atoms. The maximum atomic E-state index is 11.4. The molecule has 2 fully saturated rings. The van der Waals surface area contributed by atoms with E-state index in [4.69, 9.17) is 0 Å². The van der Waals surface area contributed by atoms with Gasteiger partial charge in [0.2, 0.25) is 5.91 Å². The molecule has 0 saturated heterocycles. The molecule has 1 amide bonds. The largest absolute Gasteiger partial charge is 0.352 e. The monoisotopic (exact) mass is 210 g/mol. The molecule has 2 N–H and O–H groups in total. The highest BCUT2D eigenvalue weighted by Crippen LogP contribution is 2.23. The molecule has 2 saturated carbocycles. The number of rotatable bonds is 4. The number of nitrogens with one attached hydrogen (secondary N) is 2. The molecule has 0 aliphatic heterocycles. The van der Waals surface area contributed by atoms with E-state index in [9.17, 15) is 4.79 Å². The Hall–Kier alpha value is -0.570. The van der Waals surface area contributed by atoms with Crippen LogP contribution in [-0.2, 0) is 4.79 Å². The van der Waals surface area contributed by atoms with Gasteiger partial charge in [-0.1, -0.05) is 19.8 Å². The van der Waals surface area contributed by atoms with Crippen LogP contribution in [0.1, 0.15) is 45.4 Å². The molecule has 2 unspecified atom stereocenters. The van der Waals surface area contributed by atoms with Crippen LogP contribution in [0.5, 0.6) is 0 Å². The van der Waals surface area contributed by atoms with Crippen molar-refractivity contribution in [3.8, 4) is 0 Å². The lowest BCUT2D eigenvalue weighted by Crippen LogP contribution is -2.41. The Morgan fingerprint density at radius 2 is 2.00 bits per heavy atom. The zero-order valence-electron chi connectivity index (χ0n) is 9.59. The lowest BCUT2D eigenvalue weighted by molar-refractivity contribution is -0.120. The van der Waals surface area contributed by atoms with Crippen LogP contribution < -0.4 is 10.6 Å². The maximum Gasteiger partial charge on any atom is 0.234 e. The van der Waals surface area contributed by atoms with Crippen molar-refractivity contribution in [1.82, 2.24) is 10.6 Å². The van der Waals surface area contributed by atoms with Crippen molar-refractivity contribution in [2.75, 3.05) is 6.54 Å². The van der Waals surface area contributed by atoms with E-state index in [1.54, 1.807) is 0 Å². The summed E-state index contributed by atoms with van der Waals surface area (Å²) in [4.78, 5) is 11.4. The number of hydrogen-bond acceptors (Lipinski definition) is 2. The van der Waals surface area contributed by atoms with Crippen molar-refractivity contribution in [1.29, 1.82) is 0 Å².